The second kappa shape index (κ2) is 8.10. The average Bonchev–Trinajstić information content (AvgIpc) is 3.15. The van der Waals surface area contributed by atoms with Gasteiger partial charge in [0.15, 0.2) is 0 Å². The number of nitrogens with zero attached hydrogens (tertiary/aromatic N) is 1. The van der Waals surface area contributed by atoms with Gasteiger partial charge in [-0.2, -0.15) is 4.72 Å². The van der Waals surface area contributed by atoms with Gasteiger partial charge in [-0.15, -0.1) is 0 Å². The van der Waals surface area contributed by atoms with Gasteiger partial charge in [0.2, 0.25) is 15.9 Å². The molecule has 2 aromatic carbocycles. The SMILES string of the molecule is COc1ccc(S(=O)(=O)NC(CO)C(=O)N2CCc3c([nH]c4ccccc34)C2)cc1. The minimum atomic E-state index is -3.98. The summed E-state index contributed by atoms with van der Waals surface area (Å²) in [6.07, 6.45) is 0.661. The lowest BCUT2D eigenvalue weighted by Gasteiger charge is -2.30. The number of benzene rings is 2. The zero-order valence-electron chi connectivity index (χ0n) is 16.5. The smallest absolute Gasteiger partial charge is 0.243 e. The monoisotopic (exact) mass is 429 g/mol. The van der Waals surface area contributed by atoms with Crippen molar-refractivity contribution in [3.63, 3.8) is 0 Å². The summed E-state index contributed by atoms with van der Waals surface area (Å²) in [5.41, 5.74) is 3.12. The number of aromatic nitrogens is 1. The van der Waals surface area contributed by atoms with E-state index < -0.39 is 28.6 Å². The Morgan fingerprint density at radius 2 is 1.97 bits per heavy atom. The fourth-order valence-electron chi connectivity index (χ4n) is 3.78. The molecule has 3 N–H and O–H groups in total. The van der Waals surface area contributed by atoms with E-state index in [-0.39, 0.29) is 4.90 Å². The number of hydrogen-bond donors (Lipinski definition) is 3. The van der Waals surface area contributed by atoms with E-state index in [9.17, 15) is 18.3 Å². The highest BCUT2D eigenvalue weighted by atomic mass is 32.2. The molecule has 8 nitrogen and oxygen atoms in total. The molecule has 0 bridgehead atoms. The van der Waals surface area contributed by atoms with Crippen LogP contribution in [0.15, 0.2) is 53.4 Å². The van der Waals surface area contributed by atoms with Crippen molar-refractivity contribution in [2.45, 2.75) is 23.9 Å². The van der Waals surface area contributed by atoms with E-state index in [1.165, 1.54) is 36.9 Å². The lowest BCUT2D eigenvalue weighted by molar-refractivity contribution is -0.134. The van der Waals surface area contributed by atoms with Crippen molar-refractivity contribution < 1.29 is 23.1 Å². The Morgan fingerprint density at radius 3 is 2.67 bits per heavy atom. The number of carbonyl (C=O) groups excluding carboxylic acids is 1. The van der Waals surface area contributed by atoms with Crippen molar-refractivity contribution in [3.8, 4) is 5.75 Å². The molecule has 1 amide bonds. The maximum absolute atomic E-state index is 13.0. The van der Waals surface area contributed by atoms with Crippen molar-refractivity contribution in [2.75, 3.05) is 20.3 Å². The summed E-state index contributed by atoms with van der Waals surface area (Å²) in [5, 5.41) is 10.9. The van der Waals surface area contributed by atoms with Crippen LogP contribution in [0.5, 0.6) is 5.75 Å². The van der Waals surface area contributed by atoms with Gasteiger partial charge in [0.05, 0.1) is 25.2 Å². The maximum atomic E-state index is 13.0. The first-order valence-corrected chi connectivity index (χ1v) is 11.1. The van der Waals surface area contributed by atoms with Crippen LogP contribution in [-0.4, -0.2) is 55.6 Å². The zero-order valence-corrected chi connectivity index (χ0v) is 17.3. The summed E-state index contributed by atoms with van der Waals surface area (Å²) >= 11 is 0. The highest BCUT2D eigenvalue weighted by molar-refractivity contribution is 7.89. The fraction of sp³-hybridized carbons (Fsp3) is 0.286. The lowest BCUT2D eigenvalue weighted by Crippen LogP contribution is -2.51. The van der Waals surface area contributed by atoms with Gasteiger partial charge in [-0.25, -0.2) is 8.42 Å². The highest BCUT2D eigenvalue weighted by Gasteiger charge is 2.31. The van der Waals surface area contributed by atoms with Crippen LogP contribution >= 0.6 is 0 Å². The molecule has 1 aliphatic heterocycles. The Morgan fingerprint density at radius 1 is 1.23 bits per heavy atom. The predicted octanol–water partition coefficient (Wildman–Crippen LogP) is 1.40. The first-order chi connectivity index (χ1) is 14.4. The van der Waals surface area contributed by atoms with E-state index in [1.807, 2.05) is 24.3 Å². The van der Waals surface area contributed by atoms with Gasteiger partial charge in [0, 0.05) is 23.1 Å². The maximum Gasteiger partial charge on any atom is 0.243 e. The Kier molecular flexibility index (Phi) is 5.50. The van der Waals surface area contributed by atoms with Crippen LogP contribution in [0.3, 0.4) is 0 Å². The fourth-order valence-corrected chi connectivity index (χ4v) is 4.96. The summed E-state index contributed by atoms with van der Waals surface area (Å²) in [6.45, 7) is 0.155. The Balaban J connectivity index is 1.51. The molecule has 1 aliphatic rings. The molecule has 0 spiro atoms. The summed E-state index contributed by atoms with van der Waals surface area (Å²) in [7, 11) is -2.50. The van der Waals surface area contributed by atoms with Crippen LogP contribution in [0.2, 0.25) is 0 Å². The van der Waals surface area contributed by atoms with E-state index in [2.05, 4.69) is 9.71 Å². The minimum Gasteiger partial charge on any atom is -0.497 e. The molecule has 3 aromatic rings. The van der Waals surface area contributed by atoms with E-state index in [4.69, 9.17) is 4.74 Å². The number of amides is 1. The molecule has 1 atom stereocenters. The normalized spacial score (nSPS) is 15.1. The van der Waals surface area contributed by atoms with Crippen molar-refractivity contribution in [3.05, 3.63) is 59.8 Å². The Bertz CT molecular complexity index is 1170. The number of ether oxygens (including phenoxy) is 1. The number of aliphatic hydroxyl groups is 1. The van der Waals surface area contributed by atoms with Crippen LogP contribution in [-0.2, 0) is 27.8 Å². The first-order valence-electron chi connectivity index (χ1n) is 9.57. The van der Waals surface area contributed by atoms with E-state index in [1.54, 1.807) is 4.90 Å². The number of hydrogen-bond acceptors (Lipinski definition) is 5. The number of H-pyrrole nitrogens is 1. The molecular formula is C21H23N3O5S. The van der Waals surface area contributed by atoms with Crippen LogP contribution in [0.1, 0.15) is 11.3 Å². The van der Waals surface area contributed by atoms with Gasteiger partial charge in [-0.05, 0) is 42.3 Å². The van der Waals surface area contributed by atoms with Gasteiger partial charge >= 0.3 is 0 Å². The molecule has 30 heavy (non-hydrogen) atoms. The Labute approximate surface area is 174 Å². The van der Waals surface area contributed by atoms with Gasteiger partial charge < -0.3 is 19.7 Å². The predicted molar refractivity (Wildman–Crippen MR) is 112 cm³/mol. The van der Waals surface area contributed by atoms with Crippen LogP contribution in [0.4, 0.5) is 0 Å². The molecule has 9 heteroatoms. The van der Waals surface area contributed by atoms with Crippen molar-refractivity contribution in [2.24, 2.45) is 0 Å². The molecule has 1 aromatic heterocycles. The number of para-hydroxylation sites is 1. The topological polar surface area (TPSA) is 112 Å². The summed E-state index contributed by atoms with van der Waals surface area (Å²) in [5.74, 6) is 0.0603. The van der Waals surface area contributed by atoms with Crippen LogP contribution in [0, 0.1) is 0 Å². The quantitative estimate of drug-likeness (QED) is 0.548. The van der Waals surface area contributed by atoms with Gasteiger partial charge in [-0.3, -0.25) is 4.79 Å². The van der Waals surface area contributed by atoms with E-state index in [0.717, 1.165) is 16.6 Å². The number of aliphatic hydroxyl groups excluding tert-OH is 1. The first kappa shape index (κ1) is 20.4. The third-order valence-electron chi connectivity index (χ3n) is 5.34. The number of aromatic amines is 1. The molecule has 0 fully saturated rings. The second-order valence-electron chi connectivity index (χ2n) is 7.17. The standard InChI is InChI=1S/C21H23N3O5S/c1-29-14-6-8-15(9-7-14)30(27,28)23-20(13-25)21(26)24-11-10-17-16-4-2-3-5-18(16)22-19(17)12-24/h2-9,20,22-23,25H,10-13H2,1H3. The van der Waals surface area contributed by atoms with E-state index >= 15 is 0 Å². The second-order valence-corrected chi connectivity index (χ2v) is 8.88. The molecule has 0 aliphatic carbocycles. The van der Waals surface area contributed by atoms with Crippen LogP contribution < -0.4 is 9.46 Å². The molecule has 0 saturated heterocycles. The molecular weight excluding hydrogens is 406 g/mol. The number of sulfonamides is 1. The van der Waals surface area contributed by atoms with Crippen molar-refractivity contribution in [1.82, 2.24) is 14.6 Å². The average molecular weight is 429 g/mol. The van der Waals surface area contributed by atoms with E-state index in [0.29, 0.717) is 25.3 Å². The molecule has 0 radical (unpaired) electrons. The van der Waals surface area contributed by atoms with Crippen molar-refractivity contribution >= 4 is 26.8 Å². The van der Waals surface area contributed by atoms with Gasteiger partial charge in [0.25, 0.3) is 0 Å². The third kappa shape index (κ3) is 3.79. The van der Waals surface area contributed by atoms with Crippen molar-refractivity contribution in [1.29, 1.82) is 0 Å². The molecule has 2 heterocycles. The largest absolute Gasteiger partial charge is 0.497 e. The number of methoxy groups -OCH3 is 1. The van der Waals surface area contributed by atoms with Gasteiger partial charge in [-0.1, -0.05) is 18.2 Å². The number of fused-ring (bicyclic) bond motifs is 3. The summed E-state index contributed by atoms with van der Waals surface area (Å²) in [6, 6.07) is 12.5. The van der Waals surface area contributed by atoms with Gasteiger partial charge in [0.1, 0.15) is 11.8 Å². The molecule has 158 valence electrons. The van der Waals surface area contributed by atoms with Crippen LogP contribution in [0.25, 0.3) is 10.9 Å². The minimum absolute atomic E-state index is 0.00824. The molecule has 0 saturated carbocycles. The zero-order chi connectivity index (χ0) is 21.3. The number of carbonyl (C=O) groups is 1. The lowest BCUT2D eigenvalue weighted by atomic mass is 10.0. The number of rotatable bonds is 6. The molecule has 4 rings (SSSR count). The Hall–Kier alpha value is -2.88. The summed E-state index contributed by atoms with van der Waals surface area (Å²) < 4.78 is 32.7. The highest BCUT2D eigenvalue weighted by Crippen LogP contribution is 2.27. The third-order valence-corrected chi connectivity index (χ3v) is 6.83. The molecule has 1 unspecified atom stereocenters. The number of nitrogens with one attached hydrogen (secondary N) is 2. The summed E-state index contributed by atoms with van der Waals surface area (Å²) in [4.78, 5) is 17.9.